The largest absolute Gasteiger partial charge is 0.308 e. The number of aromatic nitrogens is 7. The van der Waals surface area contributed by atoms with Crippen molar-refractivity contribution in [3.05, 3.63) is 224 Å². The Morgan fingerprint density at radius 3 is 1.25 bits per heavy atom. The van der Waals surface area contributed by atoms with Gasteiger partial charge in [-0.3, -0.25) is 0 Å². The summed E-state index contributed by atoms with van der Waals surface area (Å²) in [6.07, 6.45) is 0. The molecule has 0 saturated carbocycles. The van der Waals surface area contributed by atoms with Gasteiger partial charge < -0.3 is 4.57 Å². The fourth-order valence-electron chi connectivity index (χ4n) is 8.88. The molecule has 3 heterocycles. The second kappa shape index (κ2) is 16.1. The summed E-state index contributed by atoms with van der Waals surface area (Å²) < 4.78 is 2.35. The molecule has 0 fully saturated rings. The number of fused-ring (bicyclic) bond motifs is 4. The zero-order valence-electron chi connectivity index (χ0n) is 35.0. The van der Waals surface area contributed by atoms with Crippen LogP contribution in [0.5, 0.6) is 0 Å². The van der Waals surface area contributed by atoms with Gasteiger partial charge in [0.05, 0.1) is 16.7 Å². The maximum Gasteiger partial charge on any atom is 0.166 e. The van der Waals surface area contributed by atoms with Gasteiger partial charge in [0.2, 0.25) is 0 Å². The average Bonchev–Trinajstić information content (AvgIpc) is 3.73. The summed E-state index contributed by atoms with van der Waals surface area (Å²) in [6.45, 7) is 0. The molecule has 0 bridgehead atoms. The summed E-state index contributed by atoms with van der Waals surface area (Å²) in [7, 11) is 0. The van der Waals surface area contributed by atoms with Crippen LogP contribution in [0.4, 0.5) is 0 Å². The molecule has 7 heteroatoms. The lowest BCUT2D eigenvalue weighted by Gasteiger charge is -2.16. The highest BCUT2D eigenvalue weighted by Gasteiger charge is 2.23. The normalized spacial score (nSPS) is 11.4. The lowest BCUT2D eigenvalue weighted by Crippen LogP contribution is -2.05. The van der Waals surface area contributed by atoms with E-state index in [4.69, 9.17) is 29.9 Å². The van der Waals surface area contributed by atoms with Gasteiger partial charge in [-0.25, -0.2) is 29.9 Å². The van der Waals surface area contributed by atoms with Crippen molar-refractivity contribution in [3.8, 4) is 85.1 Å². The van der Waals surface area contributed by atoms with Gasteiger partial charge >= 0.3 is 0 Å². The molecule has 0 atom stereocenters. The summed E-state index contributed by atoms with van der Waals surface area (Å²) in [4.78, 5) is 31.0. The second-order valence-electron chi connectivity index (χ2n) is 15.9. The van der Waals surface area contributed by atoms with Crippen LogP contribution in [0.1, 0.15) is 0 Å². The maximum absolute atomic E-state index is 5.31. The van der Waals surface area contributed by atoms with Crippen LogP contribution in [0.2, 0.25) is 0 Å². The van der Waals surface area contributed by atoms with E-state index in [0.29, 0.717) is 34.9 Å². The summed E-state index contributed by atoms with van der Waals surface area (Å²) in [5, 5.41) is 4.71. The Kier molecular flexibility index (Phi) is 9.34. The first-order chi connectivity index (χ1) is 32.2. The maximum atomic E-state index is 5.31. The zero-order valence-corrected chi connectivity index (χ0v) is 35.0. The van der Waals surface area contributed by atoms with Crippen LogP contribution in [0, 0.1) is 0 Å². The Morgan fingerprint density at radius 2 is 0.677 bits per heavy atom. The third-order valence-corrected chi connectivity index (χ3v) is 11.9. The first-order valence-electron chi connectivity index (χ1n) is 21.6. The molecule has 0 aliphatic heterocycles. The van der Waals surface area contributed by atoms with Gasteiger partial charge in [0.25, 0.3) is 0 Å². The fourth-order valence-corrected chi connectivity index (χ4v) is 8.88. The SMILES string of the molecule is c1ccc(-c2nc(-c3ccccc3)nc(-c3ccc(-n4c5ccccc5c5c(-c6cccc7ccccc67)cccc54)c(-c4nc(-c5ccccc5)nc(-c5ccccc5)n4)c3)n2)cc1. The Morgan fingerprint density at radius 1 is 0.262 bits per heavy atom. The second-order valence-corrected chi connectivity index (χ2v) is 15.9. The number of hydrogen-bond donors (Lipinski definition) is 0. The standard InChI is InChI=1S/C58H37N7/c1-5-20-39(21-6-1)53-59-54(40-22-7-2-8-23-40)62-57(61-53)43-35-36-50(48(37-43)58-63-55(41-24-9-3-10-25-41)60-56(64-58)42-26-11-4-12-27-42)65-49-33-16-15-30-47(49)52-46(32-18-34-51(52)65)45-31-17-28-38-19-13-14-29-44(38)45/h1-37H. The van der Waals surface area contributed by atoms with Crippen LogP contribution in [0.3, 0.4) is 0 Å². The number of rotatable bonds is 8. The van der Waals surface area contributed by atoms with Crippen molar-refractivity contribution in [3.63, 3.8) is 0 Å². The summed E-state index contributed by atoms with van der Waals surface area (Å²) in [6, 6.07) is 77.1. The quantitative estimate of drug-likeness (QED) is 0.152. The van der Waals surface area contributed by atoms with E-state index in [0.717, 1.165) is 66.4 Å². The highest BCUT2D eigenvalue weighted by molar-refractivity contribution is 6.18. The minimum absolute atomic E-state index is 0.520. The molecule has 0 spiro atoms. The molecular weight excluding hydrogens is 795 g/mol. The van der Waals surface area contributed by atoms with Crippen molar-refractivity contribution < 1.29 is 0 Å². The predicted octanol–water partition coefficient (Wildman–Crippen LogP) is 14.0. The van der Waals surface area contributed by atoms with Gasteiger partial charge in [0.15, 0.2) is 34.9 Å². The fraction of sp³-hybridized carbons (Fsp3) is 0. The molecule has 12 aromatic rings. The van der Waals surface area contributed by atoms with E-state index >= 15 is 0 Å². The van der Waals surface area contributed by atoms with Gasteiger partial charge in [-0.05, 0) is 52.2 Å². The third kappa shape index (κ3) is 6.88. The molecule has 304 valence electrons. The molecule has 0 N–H and O–H groups in total. The Hall–Kier alpha value is -8.94. The molecule has 0 aliphatic rings. The van der Waals surface area contributed by atoms with E-state index in [-0.39, 0.29) is 0 Å². The lowest BCUT2D eigenvalue weighted by atomic mass is 9.95. The Bertz CT molecular complexity index is 3580. The van der Waals surface area contributed by atoms with Crippen LogP contribution in [0.15, 0.2) is 224 Å². The van der Waals surface area contributed by atoms with E-state index in [2.05, 4.69) is 108 Å². The van der Waals surface area contributed by atoms with Crippen LogP contribution >= 0.6 is 0 Å². The highest BCUT2D eigenvalue weighted by atomic mass is 15.1. The predicted molar refractivity (Wildman–Crippen MR) is 263 cm³/mol. The van der Waals surface area contributed by atoms with Crippen molar-refractivity contribution >= 4 is 32.6 Å². The molecule has 7 nitrogen and oxygen atoms in total. The number of para-hydroxylation sites is 1. The first kappa shape index (κ1) is 37.8. The number of benzene rings is 9. The topological polar surface area (TPSA) is 82.3 Å². The van der Waals surface area contributed by atoms with Crippen molar-refractivity contribution in [2.45, 2.75) is 0 Å². The van der Waals surface area contributed by atoms with Crippen molar-refractivity contribution in [2.75, 3.05) is 0 Å². The first-order valence-corrected chi connectivity index (χ1v) is 21.6. The summed E-state index contributed by atoms with van der Waals surface area (Å²) in [5.41, 5.74) is 10.5. The van der Waals surface area contributed by atoms with E-state index in [1.54, 1.807) is 0 Å². The molecular formula is C58H37N7. The van der Waals surface area contributed by atoms with Crippen molar-refractivity contribution in [1.29, 1.82) is 0 Å². The third-order valence-electron chi connectivity index (χ3n) is 11.9. The number of nitrogens with zero attached hydrogens (tertiary/aromatic N) is 7. The molecule has 12 rings (SSSR count). The van der Waals surface area contributed by atoms with Gasteiger partial charge in [-0.2, -0.15) is 0 Å². The van der Waals surface area contributed by atoms with Gasteiger partial charge in [-0.15, -0.1) is 0 Å². The summed E-state index contributed by atoms with van der Waals surface area (Å²) >= 11 is 0. The minimum Gasteiger partial charge on any atom is -0.308 e. The molecule has 0 saturated heterocycles. The molecule has 0 aliphatic carbocycles. The Labute approximate surface area is 375 Å². The van der Waals surface area contributed by atoms with Gasteiger partial charge in [-0.1, -0.05) is 194 Å². The van der Waals surface area contributed by atoms with E-state index < -0.39 is 0 Å². The van der Waals surface area contributed by atoms with Crippen LogP contribution in [-0.4, -0.2) is 34.5 Å². The molecule has 65 heavy (non-hydrogen) atoms. The Balaban J connectivity index is 1.16. The smallest absolute Gasteiger partial charge is 0.166 e. The molecule has 3 aromatic heterocycles. The summed E-state index contributed by atoms with van der Waals surface area (Å²) in [5.74, 6) is 3.37. The van der Waals surface area contributed by atoms with Crippen molar-refractivity contribution in [1.82, 2.24) is 34.5 Å². The molecule has 0 radical (unpaired) electrons. The van der Waals surface area contributed by atoms with Gasteiger partial charge in [0, 0.05) is 44.2 Å². The molecule has 9 aromatic carbocycles. The molecule has 0 unspecified atom stereocenters. The van der Waals surface area contributed by atoms with Crippen LogP contribution < -0.4 is 0 Å². The molecule has 0 amide bonds. The highest BCUT2D eigenvalue weighted by Crippen LogP contribution is 2.43. The monoisotopic (exact) mass is 831 g/mol. The van der Waals surface area contributed by atoms with E-state index in [1.165, 1.54) is 16.3 Å². The zero-order chi connectivity index (χ0) is 43.1. The van der Waals surface area contributed by atoms with Crippen LogP contribution in [0.25, 0.3) is 118 Å². The van der Waals surface area contributed by atoms with Crippen LogP contribution in [-0.2, 0) is 0 Å². The number of hydrogen-bond acceptors (Lipinski definition) is 6. The minimum atomic E-state index is 0.520. The average molecular weight is 832 g/mol. The lowest BCUT2D eigenvalue weighted by molar-refractivity contribution is 1.06. The van der Waals surface area contributed by atoms with Crippen molar-refractivity contribution in [2.24, 2.45) is 0 Å². The van der Waals surface area contributed by atoms with E-state index in [9.17, 15) is 0 Å². The van der Waals surface area contributed by atoms with Gasteiger partial charge in [0.1, 0.15) is 0 Å². The van der Waals surface area contributed by atoms with E-state index in [1.807, 2.05) is 121 Å².